The zero-order valence-electron chi connectivity index (χ0n) is 13.9. The van der Waals surface area contributed by atoms with Gasteiger partial charge in [-0.15, -0.1) is 0 Å². The highest BCUT2D eigenvalue weighted by Gasteiger charge is 2.20. The lowest BCUT2D eigenvalue weighted by Gasteiger charge is -2.09. The molecule has 0 bridgehead atoms. The van der Waals surface area contributed by atoms with Crippen molar-refractivity contribution in [2.45, 2.75) is 20.4 Å². The zero-order chi connectivity index (χ0) is 18.0. The van der Waals surface area contributed by atoms with Crippen molar-refractivity contribution in [3.63, 3.8) is 0 Å². The number of hydrogen-bond donors (Lipinski definition) is 1. The Morgan fingerprint density at radius 2 is 1.88 bits per heavy atom. The molecule has 0 aliphatic carbocycles. The van der Waals surface area contributed by atoms with E-state index in [1.807, 2.05) is 48.9 Å². The van der Waals surface area contributed by atoms with E-state index >= 15 is 0 Å². The van der Waals surface area contributed by atoms with Gasteiger partial charge in [-0.05, 0) is 38.1 Å². The van der Waals surface area contributed by atoms with Crippen molar-refractivity contribution in [1.82, 2.24) is 9.78 Å². The summed E-state index contributed by atoms with van der Waals surface area (Å²) in [7, 11) is 0. The Balaban J connectivity index is 1.90. The predicted molar refractivity (Wildman–Crippen MR) is 93.4 cm³/mol. The molecule has 0 radical (unpaired) electrons. The lowest BCUT2D eigenvalue weighted by atomic mass is 10.2. The number of nitrogens with one attached hydrogen (secondary N) is 1. The summed E-state index contributed by atoms with van der Waals surface area (Å²) in [6.45, 7) is 4.13. The Kier molecular flexibility index (Phi) is 4.47. The molecule has 3 aromatic rings. The number of rotatable bonds is 5. The van der Waals surface area contributed by atoms with Crippen LogP contribution in [0.25, 0.3) is 5.69 Å². The van der Waals surface area contributed by atoms with Crippen molar-refractivity contribution >= 4 is 11.4 Å². The Morgan fingerprint density at radius 3 is 2.56 bits per heavy atom. The van der Waals surface area contributed by atoms with Crippen LogP contribution >= 0.6 is 0 Å². The lowest BCUT2D eigenvalue weighted by Crippen LogP contribution is -2.06. The highest BCUT2D eigenvalue weighted by atomic mass is 19.1. The summed E-state index contributed by atoms with van der Waals surface area (Å²) in [6.07, 6.45) is 0. The van der Waals surface area contributed by atoms with Crippen LogP contribution in [-0.4, -0.2) is 14.7 Å². The second-order valence-corrected chi connectivity index (χ2v) is 5.64. The van der Waals surface area contributed by atoms with Crippen LogP contribution in [0.5, 0.6) is 0 Å². The SMILES string of the molecule is Cc1nn(-c2ccccc2)c(C)c1CNc1cccc(F)c1[N+](=O)[O-]. The van der Waals surface area contributed by atoms with Gasteiger partial charge in [0.15, 0.2) is 0 Å². The largest absolute Gasteiger partial charge is 0.375 e. The highest BCUT2D eigenvalue weighted by molar-refractivity contribution is 5.62. The number of aromatic nitrogens is 2. The summed E-state index contributed by atoms with van der Waals surface area (Å²) >= 11 is 0. The number of hydrogen-bond acceptors (Lipinski definition) is 4. The maximum Gasteiger partial charge on any atom is 0.327 e. The quantitative estimate of drug-likeness (QED) is 0.559. The zero-order valence-corrected chi connectivity index (χ0v) is 13.9. The van der Waals surface area contributed by atoms with Gasteiger partial charge < -0.3 is 5.32 Å². The highest BCUT2D eigenvalue weighted by Crippen LogP contribution is 2.28. The molecule has 0 saturated carbocycles. The Morgan fingerprint density at radius 1 is 1.16 bits per heavy atom. The molecule has 0 aliphatic rings. The third-order valence-corrected chi connectivity index (χ3v) is 4.07. The Hall–Kier alpha value is -3.22. The van der Waals surface area contributed by atoms with Gasteiger partial charge in [0.25, 0.3) is 0 Å². The molecular weight excluding hydrogens is 323 g/mol. The Bertz CT molecular complexity index is 922. The van der Waals surface area contributed by atoms with E-state index in [9.17, 15) is 14.5 Å². The van der Waals surface area contributed by atoms with Gasteiger partial charge in [-0.25, -0.2) is 4.68 Å². The van der Waals surface area contributed by atoms with E-state index in [1.54, 1.807) is 0 Å². The standard InChI is InChI=1S/C18H17FN4O2/c1-12-15(13(2)22(21-12)14-7-4-3-5-8-14)11-20-17-10-6-9-16(19)18(17)23(24)25/h3-10,20H,11H2,1-2H3. The van der Waals surface area contributed by atoms with Crippen LogP contribution in [-0.2, 0) is 6.54 Å². The molecule has 7 heteroatoms. The lowest BCUT2D eigenvalue weighted by molar-refractivity contribution is -0.386. The molecule has 0 amide bonds. The van der Waals surface area contributed by atoms with Crippen molar-refractivity contribution < 1.29 is 9.31 Å². The first-order valence-electron chi connectivity index (χ1n) is 7.76. The van der Waals surface area contributed by atoms with Gasteiger partial charge in [0.05, 0.1) is 16.3 Å². The van der Waals surface area contributed by atoms with Crippen molar-refractivity contribution in [2.24, 2.45) is 0 Å². The first kappa shape index (κ1) is 16.6. The summed E-state index contributed by atoms with van der Waals surface area (Å²) in [5.41, 5.74) is 3.20. The molecule has 1 aromatic heterocycles. The van der Waals surface area contributed by atoms with Gasteiger partial charge in [0, 0.05) is 17.8 Å². The topological polar surface area (TPSA) is 73.0 Å². The van der Waals surface area contributed by atoms with E-state index in [2.05, 4.69) is 10.4 Å². The molecule has 0 unspecified atom stereocenters. The minimum Gasteiger partial charge on any atom is -0.375 e. The van der Waals surface area contributed by atoms with Crippen LogP contribution in [0.3, 0.4) is 0 Å². The minimum atomic E-state index is -0.858. The first-order chi connectivity index (χ1) is 12.0. The van der Waals surface area contributed by atoms with Gasteiger partial charge in [-0.2, -0.15) is 9.49 Å². The molecule has 0 atom stereocenters. The molecule has 1 heterocycles. The number of nitrogens with zero attached hydrogens (tertiary/aromatic N) is 3. The number of para-hydroxylation sites is 2. The van der Waals surface area contributed by atoms with Gasteiger partial charge >= 0.3 is 5.69 Å². The van der Waals surface area contributed by atoms with Crippen molar-refractivity contribution in [1.29, 1.82) is 0 Å². The summed E-state index contributed by atoms with van der Waals surface area (Å²) in [5.74, 6) is -0.858. The van der Waals surface area contributed by atoms with Gasteiger partial charge in [-0.1, -0.05) is 24.3 Å². The van der Waals surface area contributed by atoms with E-state index < -0.39 is 16.4 Å². The third-order valence-electron chi connectivity index (χ3n) is 4.07. The fraction of sp³-hybridized carbons (Fsp3) is 0.167. The molecule has 6 nitrogen and oxygen atoms in total. The van der Waals surface area contributed by atoms with Crippen LogP contribution in [0.1, 0.15) is 17.0 Å². The van der Waals surface area contributed by atoms with Gasteiger partial charge in [0.1, 0.15) is 5.69 Å². The monoisotopic (exact) mass is 340 g/mol. The summed E-state index contributed by atoms with van der Waals surface area (Å²) in [4.78, 5) is 10.4. The molecule has 0 spiro atoms. The van der Waals surface area contributed by atoms with E-state index in [1.165, 1.54) is 12.1 Å². The number of aryl methyl sites for hydroxylation is 1. The van der Waals surface area contributed by atoms with Crippen molar-refractivity contribution in [2.75, 3.05) is 5.32 Å². The fourth-order valence-electron chi connectivity index (χ4n) is 2.78. The van der Waals surface area contributed by atoms with E-state index in [0.29, 0.717) is 6.54 Å². The first-order valence-corrected chi connectivity index (χ1v) is 7.76. The van der Waals surface area contributed by atoms with Gasteiger partial charge in [0.2, 0.25) is 5.82 Å². The number of halogens is 1. The van der Waals surface area contributed by atoms with Crippen molar-refractivity contribution in [3.8, 4) is 5.69 Å². The molecule has 3 rings (SSSR count). The molecule has 0 saturated heterocycles. The van der Waals surface area contributed by atoms with Crippen LogP contribution in [0.2, 0.25) is 0 Å². The van der Waals surface area contributed by atoms with Gasteiger partial charge in [-0.3, -0.25) is 10.1 Å². The van der Waals surface area contributed by atoms with Crippen LogP contribution in [0.15, 0.2) is 48.5 Å². The molecule has 0 aliphatic heterocycles. The normalized spacial score (nSPS) is 10.7. The fourth-order valence-corrected chi connectivity index (χ4v) is 2.78. The summed E-state index contributed by atoms with van der Waals surface area (Å²) < 4.78 is 15.5. The number of nitro groups is 1. The van der Waals surface area contributed by atoms with Crippen molar-refractivity contribution in [3.05, 3.63) is 81.4 Å². The molecule has 128 valence electrons. The van der Waals surface area contributed by atoms with Crippen LogP contribution < -0.4 is 5.32 Å². The molecular formula is C18H17FN4O2. The smallest absolute Gasteiger partial charge is 0.327 e. The number of anilines is 1. The average molecular weight is 340 g/mol. The molecule has 25 heavy (non-hydrogen) atoms. The number of nitro benzene ring substituents is 1. The van der Waals surface area contributed by atoms with E-state index in [0.717, 1.165) is 28.7 Å². The Labute approximate surface area is 144 Å². The van der Waals surface area contributed by atoms with E-state index in [4.69, 9.17) is 0 Å². The second kappa shape index (κ2) is 6.72. The summed E-state index contributed by atoms with van der Waals surface area (Å²) in [5, 5.41) is 18.6. The molecule has 2 aromatic carbocycles. The maximum absolute atomic E-state index is 13.7. The third kappa shape index (κ3) is 3.21. The van der Waals surface area contributed by atoms with Crippen LogP contribution in [0, 0.1) is 29.8 Å². The average Bonchev–Trinajstić information content (AvgIpc) is 2.87. The molecule has 1 N–H and O–H groups in total. The maximum atomic E-state index is 13.7. The second-order valence-electron chi connectivity index (χ2n) is 5.64. The summed E-state index contributed by atoms with van der Waals surface area (Å²) in [6, 6.07) is 13.7. The number of benzene rings is 2. The van der Waals surface area contributed by atoms with E-state index in [-0.39, 0.29) is 5.69 Å². The van der Waals surface area contributed by atoms with Crippen LogP contribution in [0.4, 0.5) is 15.8 Å². The minimum absolute atomic E-state index is 0.149. The molecule has 0 fully saturated rings. The predicted octanol–water partition coefficient (Wildman–Crippen LogP) is 4.15.